The summed E-state index contributed by atoms with van der Waals surface area (Å²) < 4.78 is 27.5. The fourth-order valence-corrected chi connectivity index (χ4v) is 3.77. The standard InChI is InChI=1S/C15H15N3O2S/c1-10-6-13(17)7-11(2)15(10)21(19,20)18-14-5-3-4-12(8-14)9-16/h3-8,18H,17H2,1-2H3. The highest BCUT2D eigenvalue weighted by atomic mass is 32.2. The molecule has 0 heterocycles. The third-order valence-corrected chi connectivity index (χ3v) is 4.68. The average molecular weight is 301 g/mol. The van der Waals surface area contributed by atoms with Crippen molar-refractivity contribution < 1.29 is 8.42 Å². The van der Waals surface area contributed by atoms with Crippen LogP contribution < -0.4 is 10.5 Å². The van der Waals surface area contributed by atoms with E-state index in [2.05, 4.69) is 4.72 Å². The maximum atomic E-state index is 12.5. The van der Waals surface area contributed by atoms with Crippen LogP contribution in [0.5, 0.6) is 0 Å². The van der Waals surface area contributed by atoms with E-state index >= 15 is 0 Å². The predicted molar refractivity (Wildman–Crippen MR) is 82.3 cm³/mol. The van der Waals surface area contributed by atoms with E-state index in [1.165, 1.54) is 6.07 Å². The first-order valence-electron chi connectivity index (χ1n) is 6.23. The number of benzene rings is 2. The van der Waals surface area contributed by atoms with Gasteiger partial charge >= 0.3 is 0 Å². The lowest BCUT2D eigenvalue weighted by Crippen LogP contribution is -2.16. The molecule has 0 saturated heterocycles. The largest absolute Gasteiger partial charge is 0.399 e. The maximum Gasteiger partial charge on any atom is 0.262 e. The van der Waals surface area contributed by atoms with E-state index < -0.39 is 10.0 Å². The molecule has 0 aliphatic carbocycles. The summed E-state index contributed by atoms with van der Waals surface area (Å²) in [6.07, 6.45) is 0. The van der Waals surface area contributed by atoms with Gasteiger partial charge in [0.25, 0.3) is 10.0 Å². The molecule has 0 amide bonds. The lowest BCUT2D eigenvalue weighted by Gasteiger charge is -2.13. The lowest BCUT2D eigenvalue weighted by atomic mass is 10.1. The van der Waals surface area contributed by atoms with Crippen molar-refractivity contribution in [1.29, 1.82) is 5.26 Å². The quantitative estimate of drug-likeness (QED) is 0.851. The molecule has 0 spiro atoms. The van der Waals surface area contributed by atoms with E-state index in [1.807, 2.05) is 6.07 Å². The molecular weight excluding hydrogens is 286 g/mol. The van der Waals surface area contributed by atoms with Gasteiger partial charge in [0.05, 0.1) is 22.2 Å². The van der Waals surface area contributed by atoms with Crippen LogP contribution in [0.25, 0.3) is 0 Å². The summed E-state index contributed by atoms with van der Waals surface area (Å²) >= 11 is 0. The molecule has 0 saturated carbocycles. The first-order chi connectivity index (χ1) is 9.83. The first-order valence-corrected chi connectivity index (χ1v) is 7.71. The second-order valence-corrected chi connectivity index (χ2v) is 6.40. The Balaban J connectivity index is 2.46. The zero-order valence-corrected chi connectivity index (χ0v) is 12.5. The second-order valence-electron chi connectivity index (χ2n) is 4.78. The minimum Gasteiger partial charge on any atom is -0.399 e. The molecule has 21 heavy (non-hydrogen) atoms. The maximum absolute atomic E-state index is 12.5. The summed E-state index contributed by atoms with van der Waals surface area (Å²) in [5.74, 6) is 0. The molecule has 2 aromatic rings. The molecule has 0 atom stereocenters. The van der Waals surface area contributed by atoms with E-state index in [4.69, 9.17) is 11.0 Å². The number of nitrogens with two attached hydrogens (primary N) is 1. The van der Waals surface area contributed by atoms with Gasteiger partial charge in [-0.15, -0.1) is 0 Å². The molecule has 0 aromatic heterocycles. The van der Waals surface area contributed by atoms with Crippen LogP contribution in [0.3, 0.4) is 0 Å². The van der Waals surface area contributed by atoms with Gasteiger partial charge in [0, 0.05) is 5.69 Å². The molecule has 0 radical (unpaired) electrons. The highest BCUT2D eigenvalue weighted by molar-refractivity contribution is 7.92. The third kappa shape index (κ3) is 3.15. The SMILES string of the molecule is Cc1cc(N)cc(C)c1S(=O)(=O)Nc1cccc(C#N)c1. The second kappa shape index (κ2) is 5.46. The van der Waals surface area contributed by atoms with Crippen LogP contribution in [-0.4, -0.2) is 8.42 Å². The minimum atomic E-state index is -3.73. The summed E-state index contributed by atoms with van der Waals surface area (Å²) in [4.78, 5) is 0.207. The molecule has 0 bridgehead atoms. The molecule has 0 aliphatic rings. The summed E-state index contributed by atoms with van der Waals surface area (Å²) in [5.41, 5.74) is 8.14. The Morgan fingerprint density at radius 1 is 1.14 bits per heavy atom. The number of nitrogens with one attached hydrogen (secondary N) is 1. The average Bonchev–Trinajstić information content (AvgIpc) is 2.36. The van der Waals surface area contributed by atoms with Crippen LogP contribution in [-0.2, 0) is 10.0 Å². The Kier molecular flexibility index (Phi) is 3.87. The van der Waals surface area contributed by atoms with Crippen LogP contribution >= 0.6 is 0 Å². The minimum absolute atomic E-state index is 0.207. The zero-order chi connectivity index (χ0) is 15.6. The van der Waals surface area contributed by atoms with Gasteiger partial charge in [0.2, 0.25) is 0 Å². The van der Waals surface area contributed by atoms with E-state index in [-0.39, 0.29) is 4.90 Å². The van der Waals surface area contributed by atoms with E-state index in [0.29, 0.717) is 28.1 Å². The Morgan fingerprint density at radius 3 is 2.33 bits per heavy atom. The van der Waals surface area contributed by atoms with E-state index in [9.17, 15) is 8.42 Å². The Labute approximate surface area is 124 Å². The van der Waals surface area contributed by atoms with Crippen molar-refractivity contribution >= 4 is 21.4 Å². The number of sulfonamides is 1. The molecule has 6 heteroatoms. The molecule has 3 N–H and O–H groups in total. The number of hydrogen-bond donors (Lipinski definition) is 2. The van der Waals surface area contributed by atoms with Gasteiger partial charge in [0.1, 0.15) is 0 Å². The summed E-state index contributed by atoms with van der Waals surface area (Å²) in [5, 5.41) is 8.86. The molecule has 0 fully saturated rings. The monoisotopic (exact) mass is 301 g/mol. The molecule has 5 nitrogen and oxygen atoms in total. The van der Waals surface area contributed by atoms with Crippen LogP contribution in [0.1, 0.15) is 16.7 Å². The zero-order valence-electron chi connectivity index (χ0n) is 11.7. The van der Waals surface area contributed by atoms with Crippen LogP contribution in [0, 0.1) is 25.2 Å². The highest BCUT2D eigenvalue weighted by Crippen LogP contribution is 2.25. The number of hydrogen-bond acceptors (Lipinski definition) is 4. The normalized spacial score (nSPS) is 10.9. The lowest BCUT2D eigenvalue weighted by molar-refractivity contribution is 0.600. The van der Waals surface area contributed by atoms with Crippen molar-refractivity contribution in [3.63, 3.8) is 0 Å². The van der Waals surface area contributed by atoms with Gasteiger partial charge in [-0.25, -0.2) is 8.42 Å². The topological polar surface area (TPSA) is 96.0 Å². The van der Waals surface area contributed by atoms with Crippen molar-refractivity contribution in [2.75, 3.05) is 10.5 Å². The fraction of sp³-hybridized carbons (Fsp3) is 0.133. The Morgan fingerprint density at radius 2 is 1.76 bits per heavy atom. The molecule has 2 rings (SSSR count). The van der Waals surface area contributed by atoms with Gasteiger partial charge in [-0.1, -0.05) is 6.07 Å². The van der Waals surface area contributed by atoms with Crippen molar-refractivity contribution in [3.05, 3.63) is 53.1 Å². The molecule has 108 valence electrons. The summed E-state index contributed by atoms with van der Waals surface area (Å²) in [7, 11) is -3.73. The van der Waals surface area contributed by atoms with Gasteiger partial charge in [-0.3, -0.25) is 4.72 Å². The van der Waals surface area contributed by atoms with Crippen molar-refractivity contribution in [1.82, 2.24) is 0 Å². The number of anilines is 2. The number of nitrogens with zero attached hydrogens (tertiary/aromatic N) is 1. The molecular formula is C15H15N3O2S. The molecule has 2 aromatic carbocycles. The predicted octanol–water partition coefficient (Wildman–Crippen LogP) is 2.56. The summed E-state index contributed by atoms with van der Waals surface area (Å²) in [6, 6.07) is 11.5. The fourth-order valence-electron chi connectivity index (χ4n) is 2.27. The number of nitriles is 1. The molecule has 0 aliphatic heterocycles. The van der Waals surface area contributed by atoms with Crippen molar-refractivity contribution in [3.8, 4) is 6.07 Å². The van der Waals surface area contributed by atoms with Crippen molar-refractivity contribution in [2.24, 2.45) is 0 Å². The van der Waals surface area contributed by atoms with Crippen LogP contribution in [0.2, 0.25) is 0 Å². The number of nitrogen functional groups attached to an aromatic ring is 1. The summed E-state index contributed by atoms with van der Waals surface area (Å²) in [6.45, 7) is 3.40. The van der Waals surface area contributed by atoms with Gasteiger partial charge < -0.3 is 5.73 Å². The van der Waals surface area contributed by atoms with Gasteiger partial charge in [-0.2, -0.15) is 5.26 Å². The van der Waals surface area contributed by atoms with Crippen LogP contribution in [0.4, 0.5) is 11.4 Å². The molecule has 0 unspecified atom stereocenters. The smallest absolute Gasteiger partial charge is 0.262 e. The Hall–Kier alpha value is -2.52. The van der Waals surface area contributed by atoms with Gasteiger partial charge in [0.15, 0.2) is 0 Å². The number of rotatable bonds is 3. The van der Waals surface area contributed by atoms with Crippen LogP contribution in [0.15, 0.2) is 41.3 Å². The Bertz CT molecular complexity index is 813. The van der Waals surface area contributed by atoms with E-state index in [0.717, 1.165) is 0 Å². The number of aryl methyl sites for hydroxylation is 2. The van der Waals surface area contributed by atoms with Gasteiger partial charge in [-0.05, 0) is 55.3 Å². The highest BCUT2D eigenvalue weighted by Gasteiger charge is 2.20. The first kappa shape index (κ1) is 14.9. The third-order valence-electron chi connectivity index (χ3n) is 3.00. The van der Waals surface area contributed by atoms with Crippen molar-refractivity contribution in [2.45, 2.75) is 18.7 Å². The van der Waals surface area contributed by atoms with E-state index in [1.54, 1.807) is 44.2 Å².